The summed E-state index contributed by atoms with van der Waals surface area (Å²) < 4.78 is 5.67. The second-order valence-corrected chi connectivity index (χ2v) is 6.95. The third-order valence-electron chi connectivity index (χ3n) is 4.31. The fraction of sp³-hybridized carbons (Fsp3) is 0.333. The van der Waals surface area contributed by atoms with Crippen molar-refractivity contribution in [2.24, 2.45) is 0 Å². The van der Waals surface area contributed by atoms with E-state index in [1.54, 1.807) is 11.3 Å². The van der Waals surface area contributed by atoms with E-state index in [-0.39, 0.29) is 18.8 Å². The third-order valence-corrected chi connectivity index (χ3v) is 5.17. The average molecular weight is 341 g/mol. The van der Waals surface area contributed by atoms with E-state index in [4.69, 9.17) is 14.7 Å². The van der Waals surface area contributed by atoms with Crippen LogP contribution in [0.3, 0.4) is 0 Å². The molecule has 0 radical (unpaired) electrons. The Morgan fingerprint density at radius 3 is 2.92 bits per heavy atom. The molecule has 2 aromatic heterocycles. The van der Waals surface area contributed by atoms with Crippen LogP contribution in [0.1, 0.15) is 6.92 Å². The number of morpholine rings is 1. The first kappa shape index (κ1) is 15.5. The molecule has 2 unspecified atom stereocenters. The number of fused-ring (bicyclic) bond motifs is 1. The molecular weight excluding hydrogens is 322 g/mol. The Bertz CT molecular complexity index is 837. The van der Waals surface area contributed by atoms with Crippen LogP contribution in [0, 0.1) is 0 Å². The van der Waals surface area contributed by atoms with Crippen molar-refractivity contribution in [1.82, 2.24) is 9.97 Å². The van der Waals surface area contributed by atoms with Gasteiger partial charge in [-0.2, -0.15) is 0 Å². The van der Waals surface area contributed by atoms with E-state index >= 15 is 0 Å². The molecule has 1 aromatic carbocycles. The highest BCUT2D eigenvalue weighted by atomic mass is 32.1. The lowest BCUT2D eigenvalue weighted by molar-refractivity contribution is -0.0104. The van der Waals surface area contributed by atoms with Gasteiger partial charge in [-0.05, 0) is 30.5 Å². The minimum absolute atomic E-state index is 0.0179. The largest absolute Gasteiger partial charge is 0.394 e. The second kappa shape index (κ2) is 6.47. The lowest BCUT2D eigenvalue weighted by Crippen LogP contribution is -2.50. The number of aliphatic hydroxyl groups is 1. The maximum absolute atomic E-state index is 9.48. The summed E-state index contributed by atoms with van der Waals surface area (Å²) in [5, 5.41) is 12.5. The normalized spacial score (nSPS) is 21.3. The number of hydrogen-bond donors (Lipinski definition) is 1. The van der Waals surface area contributed by atoms with Gasteiger partial charge < -0.3 is 14.7 Å². The number of benzene rings is 1. The van der Waals surface area contributed by atoms with Crippen molar-refractivity contribution in [3.05, 3.63) is 41.8 Å². The number of rotatable bonds is 3. The quantitative estimate of drug-likeness (QED) is 0.794. The van der Waals surface area contributed by atoms with Gasteiger partial charge in [0, 0.05) is 11.9 Å². The first-order valence-corrected chi connectivity index (χ1v) is 8.94. The first-order valence-electron chi connectivity index (χ1n) is 8.06. The number of ether oxygens (including phenoxy) is 1. The Labute approximate surface area is 144 Å². The van der Waals surface area contributed by atoms with Crippen LogP contribution in [0.4, 0.5) is 5.82 Å². The summed E-state index contributed by atoms with van der Waals surface area (Å²) in [6.45, 7) is 3.35. The molecule has 1 N–H and O–H groups in total. The topological polar surface area (TPSA) is 58.5 Å². The van der Waals surface area contributed by atoms with Gasteiger partial charge in [0.15, 0.2) is 5.82 Å². The highest BCUT2D eigenvalue weighted by molar-refractivity contribution is 7.13. The van der Waals surface area contributed by atoms with Crippen LogP contribution in [0.25, 0.3) is 21.6 Å². The van der Waals surface area contributed by atoms with E-state index in [0.29, 0.717) is 13.2 Å². The predicted octanol–water partition coefficient (Wildman–Crippen LogP) is 2.94. The third kappa shape index (κ3) is 2.77. The SMILES string of the molecule is CC1COC(CO)CN1c1nc(-c2cccs2)nc2ccccc12. The Kier molecular flexibility index (Phi) is 4.18. The van der Waals surface area contributed by atoms with Crippen molar-refractivity contribution in [3.63, 3.8) is 0 Å². The van der Waals surface area contributed by atoms with Gasteiger partial charge in [-0.15, -0.1) is 11.3 Å². The Morgan fingerprint density at radius 1 is 1.25 bits per heavy atom. The van der Waals surface area contributed by atoms with Crippen molar-refractivity contribution >= 4 is 28.1 Å². The number of thiophene rings is 1. The zero-order valence-electron chi connectivity index (χ0n) is 13.4. The molecule has 124 valence electrons. The summed E-state index contributed by atoms with van der Waals surface area (Å²) >= 11 is 1.64. The van der Waals surface area contributed by atoms with Crippen LogP contribution in [0.15, 0.2) is 41.8 Å². The second-order valence-electron chi connectivity index (χ2n) is 6.00. The molecule has 3 heterocycles. The van der Waals surface area contributed by atoms with Crippen molar-refractivity contribution in [1.29, 1.82) is 0 Å². The molecule has 0 aliphatic carbocycles. The molecule has 3 aromatic rings. The van der Waals surface area contributed by atoms with Crippen LogP contribution in [0.5, 0.6) is 0 Å². The maximum atomic E-state index is 9.48. The fourth-order valence-corrected chi connectivity index (χ4v) is 3.68. The zero-order valence-corrected chi connectivity index (χ0v) is 14.2. The molecule has 2 atom stereocenters. The van der Waals surface area contributed by atoms with Crippen molar-refractivity contribution < 1.29 is 9.84 Å². The van der Waals surface area contributed by atoms with E-state index in [1.165, 1.54) is 0 Å². The van der Waals surface area contributed by atoms with E-state index in [9.17, 15) is 5.11 Å². The van der Waals surface area contributed by atoms with Crippen LogP contribution in [-0.4, -0.2) is 47.0 Å². The number of para-hydroxylation sites is 1. The maximum Gasteiger partial charge on any atom is 0.172 e. The fourth-order valence-electron chi connectivity index (χ4n) is 3.02. The Morgan fingerprint density at radius 2 is 2.12 bits per heavy atom. The van der Waals surface area contributed by atoms with Gasteiger partial charge in [-0.3, -0.25) is 0 Å². The van der Waals surface area contributed by atoms with Crippen molar-refractivity contribution in [3.8, 4) is 10.7 Å². The number of aromatic nitrogens is 2. The number of anilines is 1. The molecule has 1 aliphatic heterocycles. The smallest absolute Gasteiger partial charge is 0.172 e. The highest BCUT2D eigenvalue weighted by Crippen LogP contribution is 2.31. The summed E-state index contributed by atoms with van der Waals surface area (Å²) in [5.41, 5.74) is 0.935. The number of aliphatic hydroxyl groups excluding tert-OH is 1. The predicted molar refractivity (Wildman–Crippen MR) is 96.5 cm³/mol. The molecule has 4 rings (SSSR count). The Hall–Kier alpha value is -2.02. The molecule has 0 saturated carbocycles. The number of hydrogen-bond acceptors (Lipinski definition) is 6. The van der Waals surface area contributed by atoms with Gasteiger partial charge in [0.25, 0.3) is 0 Å². The zero-order chi connectivity index (χ0) is 16.5. The first-order chi connectivity index (χ1) is 11.8. The minimum atomic E-state index is -0.180. The molecule has 24 heavy (non-hydrogen) atoms. The van der Waals surface area contributed by atoms with Gasteiger partial charge in [-0.1, -0.05) is 18.2 Å². The van der Waals surface area contributed by atoms with Gasteiger partial charge in [0.05, 0.1) is 35.8 Å². The Balaban J connectivity index is 1.86. The van der Waals surface area contributed by atoms with Crippen molar-refractivity contribution in [2.75, 3.05) is 24.7 Å². The van der Waals surface area contributed by atoms with Crippen LogP contribution < -0.4 is 4.90 Å². The monoisotopic (exact) mass is 341 g/mol. The lowest BCUT2D eigenvalue weighted by Gasteiger charge is -2.38. The van der Waals surface area contributed by atoms with Gasteiger partial charge >= 0.3 is 0 Å². The molecule has 1 saturated heterocycles. The van der Waals surface area contributed by atoms with Crippen LogP contribution >= 0.6 is 11.3 Å². The summed E-state index contributed by atoms with van der Waals surface area (Å²) in [6, 6.07) is 12.3. The summed E-state index contributed by atoms with van der Waals surface area (Å²) in [6.07, 6.45) is -0.180. The van der Waals surface area contributed by atoms with Crippen LogP contribution in [0.2, 0.25) is 0 Å². The summed E-state index contributed by atoms with van der Waals surface area (Å²) in [5.74, 6) is 1.66. The molecule has 5 nitrogen and oxygen atoms in total. The molecule has 0 amide bonds. The molecule has 0 bridgehead atoms. The minimum Gasteiger partial charge on any atom is -0.394 e. The summed E-state index contributed by atoms with van der Waals surface area (Å²) in [4.78, 5) is 12.9. The van der Waals surface area contributed by atoms with Crippen molar-refractivity contribution in [2.45, 2.75) is 19.1 Å². The van der Waals surface area contributed by atoms with E-state index in [2.05, 4.69) is 17.9 Å². The van der Waals surface area contributed by atoms with Gasteiger partial charge in [0.1, 0.15) is 5.82 Å². The lowest BCUT2D eigenvalue weighted by atomic mass is 10.1. The van der Waals surface area contributed by atoms with E-state index in [0.717, 1.165) is 27.4 Å². The average Bonchev–Trinajstić information content (AvgIpc) is 3.16. The molecule has 1 fully saturated rings. The molecule has 1 aliphatic rings. The summed E-state index contributed by atoms with van der Waals surface area (Å²) in [7, 11) is 0. The van der Waals surface area contributed by atoms with E-state index in [1.807, 2.05) is 35.7 Å². The van der Waals surface area contributed by atoms with E-state index < -0.39 is 0 Å². The number of nitrogens with zero attached hydrogens (tertiary/aromatic N) is 3. The molecular formula is C18H19N3O2S. The standard InChI is InChI=1S/C18H19N3O2S/c1-12-11-23-13(10-22)9-21(12)18-14-5-2-3-6-15(14)19-17(20-18)16-7-4-8-24-16/h2-8,12-13,22H,9-11H2,1H3. The van der Waals surface area contributed by atoms with Crippen LogP contribution in [-0.2, 0) is 4.74 Å². The highest BCUT2D eigenvalue weighted by Gasteiger charge is 2.28. The molecule has 0 spiro atoms. The van der Waals surface area contributed by atoms with Gasteiger partial charge in [0.2, 0.25) is 0 Å². The van der Waals surface area contributed by atoms with Gasteiger partial charge in [-0.25, -0.2) is 9.97 Å². The molecule has 6 heteroatoms.